The van der Waals surface area contributed by atoms with Crippen molar-refractivity contribution >= 4 is 22.9 Å². The molecule has 6 heteroatoms. The third kappa shape index (κ3) is 1.73. The SMILES string of the molecule is NC1=N[C@H](c2ccccc2O)[n+]2c([nH]c3ccccc32)N1. The standard InChI is InChI=1S/C15H13N5O/c16-14-18-13(9-5-1-4-8-12(9)21)20-11-7-3-2-6-10(11)17-15(20)19-14/h1-8,13H,(H4,16,17,18,19,21)/p+1/t13-/m0/s1. The number of nitrogens with zero attached hydrogens (tertiary/aromatic N) is 2. The van der Waals surface area contributed by atoms with E-state index < -0.39 is 6.17 Å². The number of aromatic amines is 1. The van der Waals surface area contributed by atoms with E-state index in [0.717, 1.165) is 17.0 Å². The predicted molar refractivity (Wildman–Crippen MR) is 80.0 cm³/mol. The maximum absolute atomic E-state index is 10.1. The number of para-hydroxylation sites is 3. The van der Waals surface area contributed by atoms with E-state index in [1.54, 1.807) is 12.1 Å². The summed E-state index contributed by atoms with van der Waals surface area (Å²) in [6.45, 7) is 0. The average molecular weight is 280 g/mol. The molecule has 2 aromatic carbocycles. The topological polar surface area (TPSA) is 90.3 Å². The van der Waals surface area contributed by atoms with Gasteiger partial charge in [-0.2, -0.15) is 4.99 Å². The van der Waals surface area contributed by atoms with E-state index in [1.165, 1.54) is 0 Å². The highest BCUT2D eigenvalue weighted by Gasteiger charge is 2.32. The molecule has 0 bridgehead atoms. The van der Waals surface area contributed by atoms with E-state index in [4.69, 9.17) is 5.73 Å². The molecule has 1 aliphatic rings. The fourth-order valence-corrected chi connectivity index (χ4v) is 2.70. The monoisotopic (exact) mass is 280 g/mol. The van der Waals surface area contributed by atoms with Crippen LogP contribution in [0.1, 0.15) is 11.7 Å². The summed E-state index contributed by atoms with van der Waals surface area (Å²) in [5.74, 6) is 1.26. The first kappa shape index (κ1) is 11.8. The molecule has 0 unspecified atom stereocenters. The normalized spacial score (nSPS) is 17.1. The number of benzene rings is 2. The van der Waals surface area contributed by atoms with Gasteiger partial charge in [-0.05, 0) is 24.3 Å². The van der Waals surface area contributed by atoms with Gasteiger partial charge in [-0.3, -0.25) is 0 Å². The number of aliphatic imine (C=N–C) groups is 1. The molecule has 1 atom stereocenters. The second-order valence-corrected chi connectivity index (χ2v) is 4.93. The van der Waals surface area contributed by atoms with Crippen molar-refractivity contribution in [2.45, 2.75) is 6.17 Å². The number of anilines is 1. The Hall–Kier alpha value is -3.02. The largest absolute Gasteiger partial charge is 0.507 e. The van der Waals surface area contributed by atoms with Crippen LogP contribution in [0.3, 0.4) is 0 Å². The summed E-state index contributed by atoms with van der Waals surface area (Å²) in [4.78, 5) is 7.72. The lowest BCUT2D eigenvalue weighted by molar-refractivity contribution is -0.674. The number of phenols is 1. The number of phenolic OH excluding ortho intramolecular Hbond substituents is 1. The lowest BCUT2D eigenvalue weighted by Crippen LogP contribution is -2.48. The van der Waals surface area contributed by atoms with Gasteiger partial charge >= 0.3 is 5.95 Å². The van der Waals surface area contributed by atoms with Gasteiger partial charge < -0.3 is 10.8 Å². The van der Waals surface area contributed by atoms with Crippen LogP contribution in [-0.2, 0) is 0 Å². The Morgan fingerprint density at radius 2 is 1.86 bits per heavy atom. The third-order valence-electron chi connectivity index (χ3n) is 3.62. The number of imidazole rings is 1. The summed E-state index contributed by atoms with van der Waals surface area (Å²) in [6, 6.07) is 15.1. The predicted octanol–water partition coefficient (Wildman–Crippen LogP) is 1.45. The Bertz CT molecular complexity index is 867. The molecule has 0 spiro atoms. The summed E-state index contributed by atoms with van der Waals surface area (Å²) < 4.78 is 1.99. The van der Waals surface area contributed by atoms with Gasteiger partial charge in [0.2, 0.25) is 6.17 Å². The number of aromatic hydroxyl groups is 1. The van der Waals surface area contributed by atoms with Gasteiger partial charge in [0.15, 0.2) is 0 Å². The van der Waals surface area contributed by atoms with Crippen LogP contribution in [0.15, 0.2) is 53.5 Å². The van der Waals surface area contributed by atoms with Crippen LogP contribution < -0.4 is 15.6 Å². The van der Waals surface area contributed by atoms with Crippen molar-refractivity contribution in [1.29, 1.82) is 0 Å². The highest BCUT2D eigenvalue weighted by molar-refractivity contribution is 5.92. The van der Waals surface area contributed by atoms with Crippen molar-refractivity contribution < 1.29 is 9.67 Å². The molecule has 4 rings (SSSR count). The number of hydrogen-bond donors (Lipinski definition) is 4. The van der Waals surface area contributed by atoms with Crippen molar-refractivity contribution in [3.05, 3.63) is 54.1 Å². The molecule has 3 aromatic rings. The zero-order chi connectivity index (χ0) is 14.4. The van der Waals surface area contributed by atoms with Crippen LogP contribution in [0.25, 0.3) is 11.0 Å². The molecule has 0 fully saturated rings. The Morgan fingerprint density at radius 1 is 1.10 bits per heavy atom. The molecule has 0 saturated heterocycles. The highest BCUT2D eigenvalue weighted by atomic mass is 16.3. The Labute approximate surface area is 120 Å². The molecule has 1 aliphatic heterocycles. The van der Waals surface area contributed by atoms with Gasteiger partial charge in [0, 0.05) is 0 Å². The molecule has 104 valence electrons. The summed E-state index contributed by atoms with van der Waals surface area (Å²) in [5, 5.41) is 13.2. The molecule has 2 heterocycles. The number of hydrogen-bond acceptors (Lipinski definition) is 4. The first-order valence-electron chi connectivity index (χ1n) is 6.64. The van der Waals surface area contributed by atoms with E-state index in [9.17, 15) is 5.11 Å². The van der Waals surface area contributed by atoms with Crippen LogP contribution in [0.2, 0.25) is 0 Å². The number of rotatable bonds is 1. The zero-order valence-corrected chi connectivity index (χ0v) is 11.1. The van der Waals surface area contributed by atoms with Crippen LogP contribution >= 0.6 is 0 Å². The smallest absolute Gasteiger partial charge is 0.365 e. The van der Waals surface area contributed by atoms with Crippen LogP contribution in [0.5, 0.6) is 5.75 Å². The quantitative estimate of drug-likeness (QED) is 0.508. The van der Waals surface area contributed by atoms with E-state index in [-0.39, 0.29) is 5.75 Å². The van der Waals surface area contributed by atoms with Gasteiger partial charge in [0.1, 0.15) is 16.8 Å². The van der Waals surface area contributed by atoms with Crippen molar-refractivity contribution in [2.75, 3.05) is 5.32 Å². The Kier molecular flexibility index (Phi) is 2.38. The van der Waals surface area contributed by atoms with Gasteiger partial charge in [-0.15, -0.1) is 0 Å². The third-order valence-corrected chi connectivity index (χ3v) is 3.62. The van der Waals surface area contributed by atoms with Gasteiger partial charge in [0.05, 0.1) is 5.56 Å². The summed E-state index contributed by atoms with van der Waals surface area (Å²) in [6.07, 6.45) is -0.404. The number of H-pyrrole nitrogens is 1. The molecule has 21 heavy (non-hydrogen) atoms. The molecule has 0 radical (unpaired) electrons. The number of fused-ring (bicyclic) bond motifs is 3. The fourth-order valence-electron chi connectivity index (χ4n) is 2.70. The second kappa shape index (κ2) is 4.24. The minimum atomic E-state index is -0.404. The molecular weight excluding hydrogens is 266 g/mol. The van der Waals surface area contributed by atoms with Crippen LogP contribution in [0.4, 0.5) is 5.95 Å². The second-order valence-electron chi connectivity index (χ2n) is 4.93. The molecule has 5 N–H and O–H groups in total. The average Bonchev–Trinajstić information content (AvgIpc) is 2.85. The van der Waals surface area contributed by atoms with Crippen molar-refractivity contribution in [2.24, 2.45) is 10.7 Å². The first-order valence-corrected chi connectivity index (χ1v) is 6.64. The molecule has 6 nitrogen and oxygen atoms in total. The molecule has 0 saturated carbocycles. The van der Waals surface area contributed by atoms with Crippen LogP contribution in [-0.4, -0.2) is 16.1 Å². The van der Waals surface area contributed by atoms with Gasteiger partial charge in [-0.25, -0.2) is 14.9 Å². The number of guanidine groups is 1. The number of nitrogens with one attached hydrogen (secondary N) is 2. The van der Waals surface area contributed by atoms with E-state index >= 15 is 0 Å². The number of aromatic nitrogens is 2. The van der Waals surface area contributed by atoms with Crippen molar-refractivity contribution in [3.63, 3.8) is 0 Å². The molecule has 0 aliphatic carbocycles. The summed E-state index contributed by atoms with van der Waals surface area (Å²) in [5.41, 5.74) is 8.55. The number of nitrogens with two attached hydrogens (primary N) is 1. The minimum absolute atomic E-state index is 0.199. The Balaban J connectivity index is 2.00. The van der Waals surface area contributed by atoms with Gasteiger partial charge in [0.25, 0.3) is 5.96 Å². The zero-order valence-electron chi connectivity index (χ0n) is 11.1. The van der Waals surface area contributed by atoms with E-state index in [2.05, 4.69) is 15.3 Å². The lowest BCUT2D eigenvalue weighted by atomic mass is 10.1. The molecular formula is C15H14N5O+. The van der Waals surface area contributed by atoms with E-state index in [0.29, 0.717) is 11.5 Å². The fraction of sp³-hybridized carbons (Fsp3) is 0.0667. The maximum atomic E-state index is 10.1. The van der Waals surface area contributed by atoms with E-state index in [1.807, 2.05) is 41.0 Å². The minimum Gasteiger partial charge on any atom is -0.507 e. The van der Waals surface area contributed by atoms with Crippen molar-refractivity contribution in [3.8, 4) is 5.75 Å². The summed E-state index contributed by atoms with van der Waals surface area (Å²) >= 11 is 0. The molecule has 0 amide bonds. The van der Waals surface area contributed by atoms with Gasteiger partial charge in [-0.1, -0.05) is 24.3 Å². The maximum Gasteiger partial charge on any atom is 0.365 e. The molecule has 1 aromatic heterocycles. The highest BCUT2D eigenvalue weighted by Crippen LogP contribution is 2.29. The lowest BCUT2D eigenvalue weighted by Gasteiger charge is -2.18. The van der Waals surface area contributed by atoms with Crippen LogP contribution in [0, 0.1) is 0 Å². The Morgan fingerprint density at radius 3 is 2.71 bits per heavy atom. The summed E-state index contributed by atoms with van der Waals surface area (Å²) in [7, 11) is 0. The van der Waals surface area contributed by atoms with Crippen molar-refractivity contribution in [1.82, 2.24) is 4.98 Å². The first-order chi connectivity index (χ1) is 10.2.